The molecule has 0 saturated carbocycles. The van der Waals surface area contributed by atoms with Crippen LogP contribution in [0.1, 0.15) is 5.69 Å². The van der Waals surface area contributed by atoms with Crippen LogP contribution in [0.4, 0.5) is 0 Å². The van der Waals surface area contributed by atoms with Crippen LogP contribution < -0.4 is 6.15 Å². The average molecular weight is 113 g/mol. The van der Waals surface area contributed by atoms with Gasteiger partial charge in [-0.25, -0.2) is 0 Å². The van der Waals surface area contributed by atoms with Crippen LogP contribution in [0.3, 0.4) is 0 Å². The van der Waals surface area contributed by atoms with Crippen molar-refractivity contribution in [3.8, 4) is 0 Å². The van der Waals surface area contributed by atoms with Gasteiger partial charge in [0.25, 0.3) is 0 Å². The number of nitrogens with zero attached hydrogens (tertiary/aromatic N) is 4. The van der Waals surface area contributed by atoms with E-state index in [-0.39, 0.29) is 6.15 Å². The average Bonchev–Trinajstić information content (AvgIpc) is 1.69. The van der Waals surface area contributed by atoms with Crippen LogP contribution in [0, 0.1) is 6.92 Å². The highest BCUT2D eigenvalue weighted by atomic mass is 15.4. The number of rotatable bonds is 0. The van der Waals surface area contributed by atoms with Crippen LogP contribution in [0.15, 0.2) is 6.20 Å². The summed E-state index contributed by atoms with van der Waals surface area (Å²) in [6.07, 6.45) is 1.55. The number of hydrogen-bond acceptors (Lipinski definition) is 5. The summed E-state index contributed by atoms with van der Waals surface area (Å²) in [5.41, 5.74) is 0.787. The molecule has 5 heteroatoms. The van der Waals surface area contributed by atoms with Gasteiger partial charge in [0.15, 0.2) is 0 Å². The van der Waals surface area contributed by atoms with Crippen LogP contribution in [0.2, 0.25) is 0 Å². The van der Waals surface area contributed by atoms with E-state index in [1.165, 1.54) is 0 Å². The van der Waals surface area contributed by atoms with Crippen molar-refractivity contribution in [1.29, 1.82) is 0 Å². The molecule has 44 valence electrons. The smallest absolute Gasteiger partial charge is 0.0820 e. The van der Waals surface area contributed by atoms with Gasteiger partial charge in [-0.15, -0.1) is 10.2 Å². The Morgan fingerprint density at radius 3 is 2.38 bits per heavy atom. The largest absolute Gasteiger partial charge is 0.344 e. The molecule has 1 rings (SSSR count). The Balaban J connectivity index is 0.000000490. The van der Waals surface area contributed by atoms with Crippen molar-refractivity contribution in [2.45, 2.75) is 6.92 Å². The molecule has 0 unspecified atom stereocenters. The Morgan fingerprint density at radius 2 is 2.12 bits per heavy atom. The maximum atomic E-state index is 3.56. The number of aryl methyl sites for hydroxylation is 1. The summed E-state index contributed by atoms with van der Waals surface area (Å²) in [5, 5.41) is 13.5. The quantitative estimate of drug-likeness (QED) is 0.500. The van der Waals surface area contributed by atoms with Gasteiger partial charge in [-0.3, -0.25) is 0 Å². The van der Waals surface area contributed by atoms with Crippen molar-refractivity contribution in [3.63, 3.8) is 0 Å². The summed E-state index contributed by atoms with van der Waals surface area (Å²) in [6.45, 7) is 1.81. The molecule has 0 saturated heterocycles. The molecule has 0 amide bonds. The Bertz CT molecular complexity index is 138. The minimum Gasteiger partial charge on any atom is -0.344 e. The van der Waals surface area contributed by atoms with Crippen molar-refractivity contribution in [2.24, 2.45) is 0 Å². The van der Waals surface area contributed by atoms with E-state index >= 15 is 0 Å². The van der Waals surface area contributed by atoms with Gasteiger partial charge < -0.3 is 6.15 Å². The summed E-state index contributed by atoms with van der Waals surface area (Å²) >= 11 is 0. The van der Waals surface area contributed by atoms with Gasteiger partial charge in [0.05, 0.1) is 11.9 Å². The lowest BCUT2D eigenvalue weighted by Gasteiger charge is -1.78. The lowest BCUT2D eigenvalue weighted by molar-refractivity contribution is 0.742. The first kappa shape index (κ1) is 6.90. The van der Waals surface area contributed by atoms with Gasteiger partial charge in [0.1, 0.15) is 0 Å². The molecule has 0 aliphatic rings. The first-order valence-corrected chi connectivity index (χ1v) is 1.87. The SMILES string of the molecule is Cc1cnnnn1.N. The van der Waals surface area contributed by atoms with Crippen molar-refractivity contribution < 1.29 is 0 Å². The molecule has 0 aromatic carbocycles. The van der Waals surface area contributed by atoms with Crippen molar-refractivity contribution in [2.75, 3.05) is 0 Å². The maximum Gasteiger partial charge on any atom is 0.0820 e. The second-order valence-electron chi connectivity index (χ2n) is 1.16. The Labute approximate surface area is 46.7 Å². The fourth-order valence-electron chi connectivity index (χ4n) is 0.249. The van der Waals surface area contributed by atoms with Gasteiger partial charge >= 0.3 is 0 Å². The van der Waals surface area contributed by atoms with E-state index in [1.54, 1.807) is 6.20 Å². The third kappa shape index (κ3) is 1.57. The summed E-state index contributed by atoms with van der Waals surface area (Å²) in [4.78, 5) is 0. The lowest BCUT2D eigenvalue weighted by Crippen LogP contribution is -1.90. The fourth-order valence-corrected chi connectivity index (χ4v) is 0.249. The predicted octanol–water partition coefficient (Wildman–Crippen LogP) is -0.263. The standard InChI is InChI=1S/C3H4N4.H3N/c1-3-2-4-6-7-5-3;/h2H,1H3;1H3. The molecule has 1 heterocycles. The number of aromatic nitrogens is 4. The van der Waals surface area contributed by atoms with Crippen LogP contribution in [0.5, 0.6) is 0 Å². The second-order valence-corrected chi connectivity index (χ2v) is 1.16. The molecule has 0 atom stereocenters. The molecular weight excluding hydrogens is 106 g/mol. The monoisotopic (exact) mass is 113 g/mol. The van der Waals surface area contributed by atoms with Crippen LogP contribution in [-0.2, 0) is 0 Å². The van der Waals surface area contributed by atoms with Crippen LogP contribution in [-0.4, -0.2) is 20.6 Å². The minimum atomic E-state index is 0. The van der Waals surface area contributed by atoms with E-state index in [1.807, 2.05) is 6.92 Å². The zero-order valence-electron chi connectivity index (χ0n) is 4.57. The molecule has 0 fully saturated rings. The predicted molar refractivity (Wildman–Crippen MR) is 27.4 cm³/mol. The van der Waals surface area contributed by atoms with E-state index < -0.39 is 0 Å². The van der Waals surface area contributed by atoms with Crippen LogP contribution in [0.25, 0.3) is 0 Å². The van der Waals surface area contributed by atoms with Gasteiger partial charge in [-0.1, -0.05) is 0 Å². The van der Waals surface area contributed by atoms with Gasteiger partial charge in [-0.2, -0.15) is 0 Å². The Hall–Kier alpha value is -1.10. The summed E-state index contributed by atoms with van der Waals surface area (Å²) in [6, 6.07) is 0. The topological polar surface area (TPSA) is 86.6 Å². The van der Waals surface area contributed by atoms with Crippen molar-refractivity contribution in [3.05, 3.63) is 11.9 Å². The Morgan fingerprint density at radius 1 is 1.38 bits per heavy atom. The highest BCUT2D eigenvalue weighted by molar-refractivity contribution is 4.81. The molecule has 8 heavy (non-hydrogen) atoms. The normalized spacial score (nSPS) is 7.62. The first-order chi connectivity index (χ1) is 3.39. The van der Waals surface area contributed by atoms with E-state index in [2.05, 4.69) is 20.6 Å². The summed E-state index contributed by atoms with van der Waals surface area (Å²) < 4.78 is 0. The molecular formula is C3H7N5. The Kier molecular flexibility index (Phi) is 2.57. The van der Waals surface area contributed by atoms with E-state index in [0.29, 0.717) is 0 Å². The minimum absolute atomic E-state index is 0. The zero-order valence-corrected chi connectivity index (χ0v) is 4.57. The molecule has 0 aliphatic heterocycles. The van der Waals surface area contributed by atoms with Gasteiger partial charge in [0, 0.05) is 0 Å². The van der Waals surface area contributed by atoms with E-state index in [9.17, 15) is 0 Å². The molecule has 0 bridgehead atoms. The third-order valence-corrected chi connectivity index (χ3v) is 0.539. The molecule has 0 radical (unpaired) electrons. The number of hydrogen-bond donors (Lipinski definition) is 1. The molecule has 1 aromatic heterocycles. The molecule has 1 aromatic rings. The third-order valence-electron chi connectivity index (χ3n) is 0.539. The molecule has 0 aliphatic carbocycles. The molecule has 0 spiro atoms. The van der Waals surface area contributed by atoms with Gasteiger partial charge in [-0.05, 0) is 17.4 Å². The highest BCUT2D eigenvalue weighted by Crippen LogP contribution is 1.75. The first-order valence-electron chi connectivity index (χ1n) is 1.87. The lowest BCUT2D eigenvalue weighted by atomic mass is 10.6. The van der Waals surface area contributed by atoms with E-state index in [4.69, 9.17) is 0 Å². The van der Waals surface area contributed by atoms with E-state index in [0.717, 1.165) is 5.69 Å². The second kappa shape index (κ2) is 2.98. The molecule has 5 nitrogen and oxygen atoms in total. The van der Waals surface area contributed by atoms with Crippen LogP contribution >= 0.6 is 0 Å². The van der Waals surface area contributed by atoms with Gasteiger partial charge in [0.2, 0.25) is 0 Å². The fraction of sp³-hybridized carbons (Fsp3) is 0.333. The summed E-state index contributed by atoms with van der Waals surface area (Å²) in [7, 11) is 0. The zero-order chi connectivity index (χ0) is 5.11. The van der Waals surface area contributed by atoms with Crippen molar-refractivity contribution in [1.82, 2.24) is 26.8 Å². The van der Waals surface area contributed by atoms with Crippen molar-refractivity contribution >= 4 is 0 Å². The molecule has 3 N–H and O–H groups in total. The maximum absolute atomic E-state index is 3.56. The summed E-state index contributed by atoms with van der Waals surface area (Å²) in [5.74, 6) is 0. The highest BCUT2D eigenvalue weighted by Gasteiger charge is 1.77.